The number of hydrogen-bond donors (Lipinski definition) is 0. The van der Waals surface area contributed by atoms with Gasteiger partial charge in [-0.15, -0.1) is 23.1 Å². The molecule has 0 radical (unpaired) electrons. The molecule has 1 aliphatic heterocycles. The average molecular weight is 351 g/mol. The first-order valence-corrected chi connectivity index (χ1v) is 9.51. The van der Waals surface area contributed by atoms with E-state index < -0.39 is 0 Å². The number of rotatable bonds is 1. The maximum Gasteiger partial charge on any atom is 0.201 e. The summed E-state index contributed by atoms with van der Waals surface area (Å²) in [6.07, 6.45) is 0. The van der Waals surface area contributed by atoms with Crippen molar-refractivity contribution in [1.82, 2.24) is 4.98 Å². The predicted molar refractivity (Wildman–Crippen MR) is 106 cm³/mol. The third-order valence-corrected chi connectivity index (χ3v) is 6.27. The van der Waals surface area contributed by atoms with Gasteiger partial charge in [0.25, 0.3) is 0 Å². The van der Waals surface area contributed by atoms with Crippen molar-refractivity contribution >= 4 is 44.1 Å². The van der Waals surface area contributed by atoms with Crippen molar-refractivity contribution in [2.75, 3.05) is 0 Å². The van der Waals surface area contributed by atoms with Crippen LogP contribution in [0.2, 0.25) is 0 Å². The molecule has 0 atom stereocenters. The summed E-state index contributed by atoms with van der Waals surface area (Å²) in [6.45, 7) is 6.41. The van der Waals surface area contributed by atoms with Gasteiger partial charge in [-0.25, -0.2) is 4.98 Å². The van der Waals surface area contributed by atoms with Crippen molar-refractivity contribution in [2.45, 2.75) is 30.4 Å². The molecule has 4 heteroatoms. The Hall–Kier alpha value is -1.91. The highest BCUT2D eigenvalue weighted by Gasteiger charge is 2.24. The van der Waals surface area contributed by atoms with E-state index in [0.717, 1.165) is 36.5 Å². The number of aromatic nitrogens is 1. The second-order valence-corrected chi connectivity index (χ2v) is 9.67. The van der Waals surface area contributed by atoms with Gasteiger partial charge in [-0.05, 0) is 12.1 Å². The SMILES string of the molecule is CC(C)(C)Sc1c2sc3ccccc3nc-2c2ccccc2c1=O. The third-order valence-electron chi connectivity index (χ3n) is 3.77. The highest BCUT2D eigenvalue weighted by molar-refractivity contribution is 8.00. The van der Waals surface area contributed by atoms with Crippen LogP contribution >= 0.6 is 23.1 Å². The fourth-order valence-corrected chi connectivity index (χ4v) is 5.09. The van der Waals surface area contributed by atoms with Gasteiger partial charge in [-0.3, -0.25) is 4.79 Å². The number of para-hydroxylation sites is 1. The summed E-state index contributed by atoms with van der Waals surface area (Å²) in [5.41, 5.74) is 2.03. The molecule has 0 saturated heterocycles. The molecule has 0 N–H and O–H groups in total. The van der Waals surface area contributed by atoms with Crippen LogP contribution < -0.4 is 5.43 Å². The lowest BCUT2D eigenvalue weighted by Gasteiger charge is -2.21. The van der Waals surface area contributed by atoms with Gasteiger partial charge in [0.05, 0.1) is 25.7 Å². The number of hydrogen-bond acceptors (Lipinski definition) is 4. The summed E-state index contributed by atoms with van der Waals surface area (Å²) in [7, 11) is 0. The number of nitrogens with zero attached hydrogens (tertiary/aromatic N) is 1. The molecule has 0 spiro atoms. The molecule has 1 aliphatic carbocycles. The summed E-state index contributed by atoms with van der Waals surface area (Å²) in [4.78, 5) is 19.8. The summed E-state index contributed by atoms with van der Waals surface area (Å²) in [6, 6.07) is 15.9. The van der Waals surface area contributed by atoms with Gasteiger partial charge in [0, 0.05) is 15.5 Å². The Morgan fingerprint density at radius 3 is 2.38 bits per heavy atom. The van der Waals surface area contributed by atoms with Crippen LogP contribution in [0.5, 0.6) is 0 Å². The third kappa shape index (κ3) is 2.60. The van der Waals surface area contributed by atoms with E-state index in [1.165, 1.54) is 0 Å². The topological polar surface area (TPSA) is 30.0 Å². The van der Waals surface area contributed by atoms with Crippen LogP contribution in [0.15, 0.2) is 58.2 Å². The highest BCUT2D eigenvalue weighted by Crippen LogP contribution is 2.43. The van der Waals surface area contributed by atoms with Gasteiger partial charge in [0.15, 0.2) is 0 Å². The van der Waals surface area contributed by atoms with Crippen LogP contribution in [-0.2, 0) is 0 Å². The normalized spacial score (nSPS) is 12.3. The van der Waals surface area contributed by atoms with Gasteiger partial charge in [0.1, 0.15) is 0 Å². The molecule has 120 valence electrons. The molecule has 0 fully saturated rings. The maximum atomic E-state index is 13.1. The van der Waals surface area contributed by atoms with Gasteiger partial charge in [-0.2, -0.15) is 0 Å². The quantitative estimate of drug-likeness (QED) is 0.246. The zero-order chi connectivity index (χ0) is 16.9. The molecule has 4 rings (SSSR count). The molecule has 2 aromatic rings. The maximum absolute atomic E-state index is 13.1. The second kappa shape index (κ2) is 5.57. The smallest absolute Gasteiger partial charge is 0.201 e. The van der Waals surface area contributed by atoms with Crippen LogP contribution in [0.3, 0.4) is 0 Å². The van der Waals surface area contributed by atoms with E-state index in [1.807, 2.05) is 42.5 Å². The molecule has 24 heavy (non-hydrogen) atoms. The van der Waals surface area contributed by atoms with Crippen molar-refractivity contribution in [2.24, 2.45) is 0 Å². The summed E-state index contributed by atoms with van der Waals surface area (Å²) in [5.74, 6) is 0. The number of fused-ring (bicyclic) bond motifs is 4. The molecular formula is C20H17NOS2. The molecule has 2 aliphatic rings. The van der Waals surface area contributed by atoms with Crippen LogP contribution in [0.25, 0.3) is 31.6 Å². The summed E-state index contributed by atoms with van der Waals surface area (Å²) < 4.78 is 1.07. The van der Waals surface area contributed by atoms with Crippen LogP contribution in [0.4, 0.5) is 0 Å². The van der Waals surface area contributed by atoms with Gasteiger partial charge < -0.3 is 0 Å². The van der Waals surface area contributed by atoms with Gasteiger partial charge in [-0.1, -0.05) is 57.2 Å². The minimum absolute atomic E-state index is 0.0348. The molecule has 0 aromatic heterocycles. The Bertz CT molecular complexity index is 1090. The predicted octanol–water partition coefficient (Wildman–Crippen LogP) is 5.81. The van der Waals surface area contributed by atoms with Crippen molar-refractivity contribution in [3.8, 4) is 10.6 Å². The molecule has 0 saturated carbocycles. The van der Waals surface area contributed by atoms with E-state index in [0.29, 0.717) is 0 Å². The second-order valence-electron chi connectivity index (χ2n) is 6.78. The summed E-state index contributed by atoms with van der Waals surface area (Å²) in [5, 5.41) is 1.70. The van der Waals surface area contributed by atoms with Gasteiger partial charge in [0.2, 0.25) is 5.43 Å². The average Bonchev–Trinajstić information content (AvgIpc) is 2.56. The minimum Gasteiger partial charge on any atom is -0.288 e. The Kier molecular flexibility index (Phi) is 3.62. The molecule has 1 heterocycles. The van der Waals surface area contributed by atoms with E-state index in [9.17, 15) is 4.79 Å². The van der Waals surface area contributed by atoms with E-state index in [-0.39, 0.29) is 10.2 Å². The van der Waals surface area contributed by atoms with Crippen molar-refractivity contribution < 1.29 is 0 Å². The lowest BCUT2D eigenvalue weighted by atomic mass is 10.1. The molecule has 0 unspecified atom stereocenters. The molecule has 0 amide bonds. The lowest BCUT2D eigenvalue weighted by Crippen LogP contribution is -2.15. The van der Waals surface area contributed by atoms with Crippen LogP contribution in [0, 0.1) is 0 Å². The number of benzene rings is 3. The minimum atomic E-state index is -0.0348. The van der Waals surface area contributed by atoms with Crippen molar-refractivity contribution in [1.29, 1.82) is 0 Å². The van der Waals surface area contributed by atoms with E-state index in [4.69, 9.17) is 4.98 Å². The fourth-order valence-electron chi connectivity index (χ4n) is 2.81. The fraction of sp³-hybridized carbons (Fsp3) is 0.200. The molecule has 0 bridgehead atoms. The molecular weight excluding hydrogens is 334 g/mol. The zero-order valence-corrected chi connectivity index (χ0v) is 15.4. The largest absolute Gasteiger partial charge is 0.288 e. The molecule has 2 aromatic carbocycles. The Labute approximate surface area is 148 Å². The summed E-state index contributed by atoms with van der Waals surface area (Å²) >= 11 is 3.30. The Morgan fingerprint density at radius 2 is 1.62 bits per heavy atom. The molecule has 2 nitrogen and oxygen atoms in total. The zero-order valence-electron chi connectivity index (χ0n) is 13.8. The van der Waals surface area contributed by atoms with E-state index >= 15 is 0 Å². The van der Waals surface area contributed by atoms with Crippen LogP contribution in [0.1, 0.15) is 20.8 Å². The standard InChI is InChI=1S/C20H17NOS2/c1-20(2,3)24-19-17(22)13-9-5-4-8-12(13)16-18(19)23-15-11-7-6-10-14(15)21-16/h4-11H,1-3H3. The van der Waals surface area contributed by atoms with Crippen LogP contribution in [-0.4, -0.2) is 9.73 Å². The first kappa shape index (κ1) is 15.6. The Morgan fingerprint density at radius 1 is 0.958 bits per heavy atom. The van der Waals surface area contributed by atoms with Crippen molar-refractivity contribution in [3.05, 3.63) is 58.8 Å². The lowest BCUT2D eigenvalue weighted by molar-refractivity contribution is 0.802. The van der Waals surface area contributed by atoms with Gasteiger partial charge >= 0.3 is 0 Å². The van der Waals surface area contributed by atoms with Crippen molar-refractivity contribution in [3.63, 3.8) is 0 Å². The Balaban J connectivity index is 2.21. The first-order chi connectivity index (χ1) is 11.4. The number of thioether (sulfide) groups is 1. The van der Waals surface area contributed by atoms with E-state index in [1.54, 1.807) is 23.1 Å². The van der Waals surface area contributed by atoms with E-state index in [2.05, 4.69) is 26.8 Å². The monoisotopic (exact) mass is 351 g/mol. The first-order valence-electron chi connectivity index (χ1n) is 7.87. The highest BCUT2D eigenvalue weighted by atomic mass is 32.2.